The van der Waals surface area contributed by atoms with Gasteiger partial charge in [0, 0.05) is 0 Å². The van der Waals surface area contributed by atoms with Gasteiger partial charge in [-0.15, -0.1) is 0 Å². The van der Waals surface area contributed by atoms with Crippen LogP contribution in [0.4, 0.5) is 0 Å². The average Bonchev–Trinajstić information content (AvgIpc) is 2.59. The van der Waals surface area contributed by atoms with E-state index in [0.717, 1.165) is 11.8 Å². The Morgan fingerprint density at radius 1 is 1.36 bits per heavy atom. The molecule has 14 heavy (non-hydrogen) atoms. The van der Waals surface area contributed by atoms with E-state index in [0.29, 0.717) is 0 Å². The summed E-state index contributed by atoms with van der Waals surface area (Å²) < 4.78 is 0. The molecule has 76 valence electrons. The molecular formula is C14H20. The third kappa shape index (κ3) is 1.58. The third-order valence-corrected chi connectivity index (χ3v) is 3.47. The van der Waals surface area contributed by atoms with Crippen molar-refractivity contribution in [1.29, 1.82) is 0 Å². The van der Waals surface area contributed by atoms with E-state index in [-0.39, 0.29) is 0 Å². The minimum absolute atomic E-state index is 0.787. The minimum atomic E-state index is 0.787. The smallest absolute Gasteiger partial charge is 0.0130 e. The standard InChI is InChI=1S/C14H20/c1-4-11-8-12-6-5-7-13(10(2)3)14(12)9-11/h6,8-10,13H,4-5,7H2,1-3H3. The molecule has 0 saturated carbocycles. The maximum absolute atomic E-state index is 2.43. The van der Waals surface area contributed by atoms with Crippen LogP contribution in [0.1, 0.15) is 40.0 Å². The van der Waals surface area contributed by atoms with Crippen LogP contribution in [0.2, 0.25) is 0 Å². The Labute approximate surface area is 87.4 Å². The van der Waals surface area contributed by atoms with Gasteiger partial charge in [-0.25, -0.2) is 0 Å². The van der Waals surface area contributed by atoms with Crippen LogP contribution in [0.3, 0.4) is 0 Å². The van der Waals surface area contributed by atoms with Crippen molar-refractivity contribution in [2.24, 2.45) is 11.8 Å². The molecule has 0 aliphatic heterocycles. The van der Waals surface area contributed by atoms with Gasteiger partial charge in [0.05, 0.1) is 0 Å². The summed E-state index contributed by atoms with van der Waals surface area (Å²) in [6.45, 7) is 6.93. The molecule has 0 fully saturated rings. The van der Waals surface area contributed by atoms with Crippen molar-refractivity contribution in [3.8, 4) is 0 Å². The quantitative estimate of drug-likeness (QED) is 0.607. The van der Waals surface area contributed by atoms with E-state index in [2.05, 4.69) is 39.0 Å². The summed E-state index contributed by atoms with van der Waals surface area (Å²) in [7, 11) is 0. The fourth-order valence-electron chi connectivity index (χ4n) is 2.58. The van der Waals surface area contributed by atoms with Crippen molar-refractivity contribution in [3.63, 3.8) is 0 Å². The maximum Gasteiger partial charge on any atom is -0.0130 e. The van der Waals surface area contributed by atoms with Crippen LogP contribution in [0.25, 0.3) is 0 Å². The first-order chi connectivity index (χ1) is 6.72. The summed E-state index contributed by atoms with van der Waals surface area (Å²) >= 11 is 0. The van der Waals surface area contributed by atoms with Crippen LogP contribution in [0.5, 0.6) is 0 Å². The second kappa shape index (κ2) is 3.76. The molecule has 0 aromatic heterocycles. The Bertz CT molecular complexity index is 313. The Morgan fingerprint density at radius 2 is 2.14 bits per heavy atom. The number of rotatable bonds is 2. The molecule has 2 aliphatic carbocycles. The second-order valence-electron chi connectivity index (χ2n) is 4.76. The number of hydrogen-bond acceptors (Lipinski definition) is 0. The molecule has 0 radical (unpaired) electrons. The zero-order valence-electron chi connectivity index (χ0n) is 9.51. The maximum atomic E-state index is 2.43. The Kier molecular flexibility index (Phi) is 2.62. The summed E-state index contributed by atoms with van der Waals surface area (Å²) in [6.07, 6.45) is 11.0. The third-order valence-electron chi connectivity index (χ3n) is 3.47. The summed E-state index contributed by atoms with van der Waals surface area (Å²) in [5, 5.41) is 0. The Morgan fingerprint density at radius 3 is 2.79 bits per heavy atom. The van der Waals surface area contributed by atoms with E-state index >= 15 is 0 Å². The van der Waals surface area contributed by atoms with Gasteiger partial charge < -0.3 is 0 Å². The highest BCUT2D eigenvalue weighted by Gasteiger charge is 2.25. The van der Waals surface area contributed by atoms with E-state index in [1.165, 1.54) is 30.4 Å². The van der Waals surface area contributed by atoms with E-state index in [1.807, 2.05) is 0 Å². The van der Waals surface area contributed by atoms with Gasteiger partial charge in [-0.05, 0) is 47.8 Å². The topological polar surface area (TPSA) is 0 Å². The van der Waals surface area contributed by atoms with Gasteiger partial charge >= 0.3 is 0 Å². The largest absolute Gasteiger partial charge is 0.0769 e. The lowest BCUT2D eigenvalue weighted by molar-refractivity contribution is 0.414. The van der Waals surface area contributed by atoms with Crippen molar-refractivity contribution >= 4 is 0 Å². The number of hydrogen-bond donors (Lipinski definition) is 0. The van der Waals surface area contributed by atoms with E-state index in [1.54, 1.807) is 5.57 Å². The predicted octanol–water partition coefficient (Wildman–Crippen LogP) is 4.26. The summed E-state index contributed by atoms with van der Waals surface area (Å²) in [5.41, 5.74) is 4.65. The summed E-state index contributed by atoms with van der Waals surface area (Å²) in [6, 6.07) is 0. The van der Waals surface area contributed by atoms with Crippen LogP contribution >= 0.6 is 0 Å². The van der Waals surface area contributed by atoms with Gasteiger partial charge in [0.2, 0.25) is 0 Å². The molecule has 0 aromatic rings. The molecule has 2 aliphatic rings. The summed E-state index contributed by atoms with van der Waals surface area (Å²) in [5.74, 6) is 1.59. The molecule has 1 unspecified atom stereocenters. The zero-order valence-corrected chi connectivity index (χ0v) is 9.51. The normalized spacial score (nSPS) is 25.7. The first-order valence-electron chi connectivity index (χ1n) is 5.85. The zero-order chi connectivity index (χ0) is 10.1. The van der Waals surface area contributed by atoms with Gasteiger partial charge in [-0.2, -0.15) is 0 Å². The average molecular weight is 188 g/mol. The molecule has 0 heteroatoms. The monoisotopic (exact) mass is 188 g/mol. The lowest BCUT2D eigenvalue weighted by Crippen LogP contribution is -2.14. The van der Waals surface area contributed by atoms with Crippen molar-refractivity contribution < 1.29 is 0 Å². The van der Waals surface area contributed by atoms with Gasteiger partial charge in [0.25, 0.3) is 0 Å². The van der Waals surface area contributed by atoms with E-state index < -0.39 is 0 Å². The van der Waals surface area contributed by atoms with Crippen molar-refractivity contribution in [2.75, 3.05) is 0 Å². The fraction of sp³-hybridized carbons (Fsp3) is 0.571. The van der Waals surface area contributed by atoms with Gasteiger partial charge in [-0.1, -0.05) is 39.0 Å². The van der Waals surface area contributed by atoms with Crippen molar-refractivity contribution in [3.05, 3.63) is 34.9 Å². The molecular weight excluding hydrogens is 168 g/mol. The first kappa shape index (κ1) is 9.76. The van der Waals surface area contributed by atoms with E-state index in [4.69, 9.17) is 0 Å². The highest BCUT2D eigenvalue weighted by molar-refractivity contribution is 5.55. The van der Waals surface area contributed by atoms with Gasteiger partial charge in [0.1, 0.15) is 0 Å². The first-order valence-corrected chi connectivity index (χ1v) is 5.85. The van der Waals surface area contributed by atoms with E-state index in [9.17, 15) is 0 Å². The molecule has 0 amide bonds. The van der Waals surface area contributed by atoms with Gasteiger partial charge in [0.15, 0.2) is 0 Å². The molecule has 0 bridgehead atoms. The van der Waals surface area contributed by atoms with Crippen LogP contribution in [0.15, 0.2) is 34.9 Å². The molecule has 0 saturated heterocycles. The molecule has 1 atom stereocenters. The predicted molar refractivity (Wildman–Crippen MR) is 62.1 cm³/mol. The van der Waals surface area contributed by atoms with Gasteiger partial charge in [-0.3, -0.25) is 0 Å². The second-order valence-corrected chi connectivity index (χ2v) is 4.76. The van der Waals surface area contributed by atoms with Crippen LogP contribution in [-0.4, -0.2) is 0 Å². The highest BCUT2D eigenvalue weighted by atomic mass is 14.3. The van der Waals surface area contributed by atoms with Crippen molar-refractivity contribution in [2.45, 2.75) is 40.0 Å². The number of allylic oxidation sites excluding steroid dienone is 6. The lowest BCUT2D eigenvalue weighted by Gasteiger charge is -2.26. The SMILES string of the molecule is CCC1=CC2=CCCC(C(C)C)C2=C1. The number of fused-ring (bicyclic) bond motifs is 1. The molecule has 0 spiro atoms. The molecule has 0 N–H and O–H groups in total. The molecule has 0 nitrogen and oxygen atoms in total. The molecule has 0 heterocycles. The van der Waals surface area contributed by atoms with Crippen molar-refractivity contribution in [1.82, 2.24) is 0 Å². The van der Waals surface area contributed by atoms with Crippen LogP contribution < -0.4 is 0 Å². The fourth-order valence-corrected chi connectivity index (χ4v) is 2.58. The molecule has 0 aromatic carbocycles. The Hall–Kier alpha value is -0.780. The minimum Gasteiger partial charge on any atom is -0.0769 e. The summed E-state index contributed by atoms with van der Waals surface area (Å²) in [4.78, 5) is 0. The highest BCUT2D eigenvalue weighted by Crippen LogP contribution is 2.40. The van der Waals surface area contributed by atoms with Crippen LogP contribution in [-0.2, 0) is 0 Å². The van der Waals surface area contributed by atoms with Crippen LogP contribution in [0, 0.1) is 11.8 Å². The lowest BCUT2D eigenvalue weighted by atomic mass is 9.78. The molecule has 2 rings (SSSR count). The Balaban J connectivity index is 2.28.